The van der Waals surface area contributed by atoms with Crippen molar-refractivity contribution in [2.45, 2.75) is 19.4 Å². The smallest absolute Gasteiger partial charge is 0.181 e. The molecule has 3 heterocycles. The highest BCUT2D eigenvalue weighted by Gasteiger charge is 2.21. The van der Waals surface area contributed by atoms with Gasteiger partial charge < -0.3 is 10.3 Å². The lowest BCUT2D eigenvalue weighted by Gasteiger charge is -2.19. The molecule has 2 N–H and O–H groups in total. The zero-order valence-electron chi connectivity index (χ0n) is 12.3. The lowest BCUT2D eigenvalue weighted by Crippen LogP contribution is -2.25. The SMILES string of the molecule is NCC1CCn2nc(-c3ccc(-n4ccnc4)cc3)nc2C1. The van der Waals surface area contributed by atoms with E-state index in [1.165, 1.54) is 0 Å². The maximum absolute atomic E-state index is 5.78. The van der Waals surface area contributed by atoms with E-state index in [1.54, 1.807) is 12.5 Å². The fourth-order valence-electron chi connectivity index (χ4n) is 2.89. The van der Waals surface area contributed by atoms with Gasteiger partial charge in [-0.3, -0.25) is 0 Å². The number of aromatic nitrogens is 5. The molecule has 4 rings (SSSR count). The van der Waals surface area contributed by atoms with Crippen LogP contribution in [0.1, 0.15) is 12.2 Å². The van der Waals surface area contributed by atoms with Crippen LogP contribution in [-0.4, -0.2) is 30.9 Å². The molecular weight excluding hydrogens is 276 g/mol. The van der Waals surface area contributed by atoms with Crippen LogP contribution < -0.4 is 5.73 Å². The predicted octanol–water partition coefficient (Wildman–Crippen LogP) is 1.65. The van der Waals surface area contributed by atoms with Crippen LogP contribution in [0.5, 0.6) is 0 Å². The molecule has 3 aromatic rings. The minimum Gasteiger partial charge on any atom is -0.330 e. The summed E-state index contributed by atoms with van der Waals surface area (Å²) < 4.78 is 3.99. The van der Waals surface area contributed by atoms with Gasteiger partial charge in [0.1, 0.15) is 5.82 Å². The third kappa shape index (κ3) is 2.31. The van der Waals surface area contributed by atoms with Gasteiger partial charge in [0, 0.05) is 36.6 Å². The summed E-state index contributed by atoms with van der Waals surface area (Å²) in [4.78, 5) is 8.75. The summed E-state index contributed by atoms with van der Waals surface area (Å²) in [6.45, 7) is 1.64. The van der Waals surface area contributed by atoms with Crippen LogP contribution in [0.3, 0.4) is 0 Å². The lowest BCUT2D eigenvalue weighted by molar-refractivity contribution is 0.369. The summed E-state index contributed by atoms with van der Waals surface area (Å²) in [5, 5.41) is 4.63. The van der Waals surface area contributed by atoms with E-state index < -0.39 is 0 Å². The zero-order chi connectivity index (χ0) is 14.9. The second kappa shape index (κ2) is 5.38. The number of hydrogen-bond acceptors (Lipinski definition) is 4. The van der Waals surface area contributed by atoms with Crippen LogP contribution in [0.25, 0.3) is 17.1 Å². The normalized spacial score (nSPS) is 17.4. The van der Waals surface area contributed by atoms with Crippen LogP contribution in [0, 0.1) is 5.92 Å². The monoisotopic (exact) mass is 294 g/mol. The van der Waals surface area contributed by atoms with Crippen LogP contribution in [-0.2, 0) is 13.0 Å². The predicted molar refractivity (Wildman–Crippen MR) is 83.4 cm³/mol. The topological polar surface area (TPSA) is 74.6 Å². The number of nitrogens with two attached hydrogens (primary N) is 1. The van der Waals surface area contributed by atoms with Gasteiger partial charge in [-0.05, 0) is 43.1 Å². The fourth-order valence-corrected chi connectivity index (χ4v) is 2.89. The molecule has 1 aliphatic heterocycles. The van der Waals surface area contributed by atoms with Crippen molar-refractivity contribution in [3.63, 3.8) is 0 Å². The van der Waals surface area contributed by atoms with Crippen molar-refractivity contribution in [2.24, 2.45) is 11.7 Å². The van der Waals surface area contributed by atoms with E-state index in [2.05, 4.69) is 39.3 Å². The molecule has 112 valence electrons. The molecule has 22 heavy (non-hydrogen) atoms. The quantitative estimate of drug-likeness (QED) is 0.797. The minimum atomic E-state index is 0.535. The molecule has 1 aliphatic rings. The first kappa shape index (κ1) is 13.2. The Labute approximate surface area is 128 Å². The highest BCUT2D eigenvalue weighted by molar-refractivity contribution is 5.57. The molecule has 2 aromatic heterocycles. The average molecular weight is 294 g/mol. The van der Waals surface area contributed by atoms with Crippen molar-refractivity contribution in [3.8, 4) is 17.1 Å². The van der Waals surface area contributed by atoms with Gasteiger partial charge in [0.2, 0.25) is 0 Å². The maximum Gasteiger partial charge on any atom is 0.181 e. The van der Waals surface area contributed by atoms with Gasteiger partial charge in [-0.2, -0.15) is 5.10 Å². The van der Waals surface area contributed by atoms with Gasteiger partial charge in [0.15, 0.2) is 5.82 Å². The molecule has 0 amide bonds. The maximum atomic E-state index is 5.78. The lowest BCUT2D eigenvalue weighted by atomic mass is 9.98. The molecular formula is C16H18N6. The third-order valence-corrected chi connectivity index (χ3v) is 4.23. The van der Waals surface area contributed by atoms with Crippen molar-refractivity contribution in [1.82, 2.24) is 24.3 Å². The number of rotatable bonds is 3. The minimum absolute atomic E-state index is 0.535. The van der Waals surface area contributed by atoms with Crippen LogP contribution >= 0.6 is 0 Å². The van der Waals surface area contributed by atoms with Gasteiger partial charge in [0.25, 0.3) is 0 Å². The summed E-state index contributed by atoms with van der Waals surface area (Å²) in [5.41, 5.74) is 7.89. The van der Waals surface area contributed by atoms with Gasteiger partial charge in [-0.1, -0.05) is 0 Å². The molecule has 0 radical (unpaired) electrons. The number of aryl methyl sites for hydroxylation is 1. The van der Waals surface area contributed by atoms with Crippen LogP contribution in [0.15, 0.2) is 43.0 Å². The van der Waals surface area contributed by atoms with E-state index in [0.717, 1.165) is 48.8 Å². The number of imidazole rings is 1. The molecule has 6 nitrogen and oxygen atoms in total. The molecule has 0 spiro atoms. The number of hydrogen-bond donors (Lipinski definition) is 1. The second-order valence-corrected chi connectivity index (χ2v) is 5.69. The Balaban J connectivity index is 1.61. The third-order valence-electron chi connectivity index (χ3n) is 4.23. The van der Waals surface area contributed by atoms with Gasteiger partial charge >= 0.3 is 0 Å². The van der Waals surface area contributed by atoms with Gasteiger partial charge in [-0.15, -0.1) is 0 Å². The van der Waals surface area contributed by atoms with Crippen LogP contribution in [0.4, 0.5) is 0 Å². The first-order valence-corrected chi connectivity index (χ1v) is 7.56. The Bertz CT molecular complexity index is 757. The molecule has 0 saturated carbocycles. The molecule has 0 fully saturated rings. The van der Waals surface area contributed by atoms with E-state index in [1.807, 2.05) is 15.4 Å². The standard InChI is InChI=1S/C16H18N6/c17-10-12-5-7-22-15(9-12)19-16(20-22)13-1-3-14(4-2-13)21-8-6-18-11-21/h1-4,6,8,11-12H,5,7,9-10,17H2. The van der Waals surface area contributed by atoms with Crippen molar-refractivity contribution in [1.29, 1.82) is 0 Å². The van der Waals surface area contributed by atoms with E-state index in [4.69, 9.17) is 5.73 Å². The summed E-state index contributed by atoms with van der Waals surface area (Å²) in [6, 6.07) is 8.22. The zero-order valence-corrected chi connectivity index (χ0v) is 12.3. The Kier molecular flexibility index (Phi) is 3.23. The summed E-state index contributed by atoms with van der Waals surface area (Å²) in [5.74, 6) is 2.38. The summed E-state index contributed by atoms with van der Waals surface area (Å²) in [6.07, 6.45) is 7.50. The second-order valence-electron chi connectivity index (χ2n) is 5.69. The van der Waals surface area contributed by atoms with Crippen molar-refractivity contribution >= 4 is 0 Å². The number of benzene rings is 1. The Hall–Kier alpha value is -2.47. The average Bonchev–Trinajstić information content (AvgIpc) is 3.23. The largest absolute Gasteiger partial charge is 0.330 e. The van der Waals surface area contributed by atoms with Crippen molar-refractivity contribution < 1.29 is 0 Å². The van der Waals surface area contributed by atoms with E-state index in [0.29, 0.717) is 5.92 Å². The number of nitrogens with zero attached hydrogens (tertiary/aromatic N) is 5. The van der Waals surface area contributed by atoms with Crippen molar-refractivity contribution in [2.75, 3.05) is 6.54 Å². The highest BCUT2D eigenvalue weighted by Crippen LogP contribution is 2.23. The Morgan fingerprint density at radius 1 is 1.23 bits per heavy atom. The Morgan fingerprint density at radius 2 is 2.09 bits per heavy atom. The molecule has 0 bridgehead atoms. The van der Waals surface area contributed by atoms with E-state index >= 15 is 0 Å². The summed E-state index contributed by atoms with van der Waals surface area (Å²) >= 11 is 0. The molecule has 1 unspecified atom stereocenters. The molecule has 1 atom stereocenters. The van der Waals surface area contributed by atoms with Crippen molar-refractivity contribution in [3.05, 3.63) is 48.8 Å². The number of fused-ring (bicyclic) bond motifs is 1. The Morgan fingerprint density at radius 3 is 2.82 bits per heavy atom. The van der Waals surface area contributed by atoms with Crippen LogP contribution in [0.2, 0.25) is 0 Å². The fraction of sp³-hybridized carbons (Fsp3) is 0.312. The summed E-state index contributed by atoms with van der Waals surface area (Å²) in [7, 11) is 0. The molecule has 0 saturated heterocycles. The first-order valence-electron chi connectivity index (χ1n) is 7.56. The highest BCUT2D eigenvalue weighted by atomic mass is 15.3. The molecule has 6 heteroatoms. The molecule has 0 aliphatic carbocycles. The van der Waals surface area contributed by atoms with E-state index in [-0.39, 0.29) is 0 Å². The molecule has 1 aromatic carbocycles. The first-order chi connectivity index (χ1) is 10.8. The van der Waals surface area contributed by atoms with E-state index in [9.17, 15) is 0 Å². The van der Waals surface area contributed by atoms with Gasteiger partial charge in [-0.25, -0.2) is 14.6 Å². The van der Waals surface area contributed by atoms with Gasteiger partial charge in [0.05, 0.1) is 6.33 Å².